The fraction of sp³-hybridized carbons (Fsp3) is 0.667. The predicted octanol–water partition coefficient (Wildman–Crippen LogP) is 2.66. The number of nitrogens with two attached hydrogens (primary N) is 1. The van der Waals surface area contributed by atoms with Crippen molar-refractivity contribution in [3.63, 3.8) is 0 Å². The SMILES string of the molecule is CCCOc1nc(NCC(CCC)CCO)ccc1N. The van der Waals surface area contributed by atoms with Gasteiger partial charge in [-0.25, -0.2) is 0 Å². The first-order chi connectivity index (χ1) is 9.71. The van der Waals surface area contributed by atoms with Crippen molar-refractivity contribution in [1.82, 2.24) is 4.98 Å². The van der Waals surface area contributed by atoms with Gasteiger partial charge in [0, 0.05) is 13.2 Å². The van der Waals surface area contributed by atoms with Crippen LogP contribution in [-0.2, 0) is 0 Å². The van der Waals surface area contributed by atoms with Crippen LogP contribution in [0.5, 0.6) is 5.88 Å². The van der Waals surface area contributed by atoms with Crippen molar-refractivity contribution in [2.45, 2.75) is 39.5 Å². The summed E-state index contributed by atoms with van der Waals surface area (Å²) in [6.45, 7) is 5.85. The molecule has 1 aromatic rings. The first-order valence-corrected chi connectivity index (χ1v) is 7.45. The highest BCUT2D eigenvalue weighted by Crippen LogP contribution is 2.21. The van der Waals surface area contributed by atoms with E-state index in [1.54, 1.807) is 6.07 Å². The summed E-state index contributed by atoms with van der Waals surface area (Å²) in [5.74, 6) is 1.72. The highest BCUT2D eigenvalue weighted by molar-refractivity contribution is 5.53. The summed E-state index contributed by atoms with van der Waals surface area (Å²) in [6, 6.07) is 3.66. The Morgan fingerprint density at radius 3 is 2.75 bits per heavy atom. The summed E-state index contributed by atoms with van der Waals surface area (Å²) < 4.78 is 5.51. The van der Waals surface area contributed by atoms with E-state index in [4.69, 9.17) is 15.6 Å². The van der Waals surface area contributed by atoms with E-state index in [1.165, 1.54) is 0 Å². The van der Waals surface area contributed by atoms with Crippen molar-refractivity contribution >= 4 is 11.5 Å². The molecule has 114 valence electrons. The molecule has 0 amide bonds. The molecule has 0 saturated carbocycles. The Morgan fingerprint density at radius 1 is 1.30 bits per heavy atom. The number of nitrogen functional groups attached to an aromatic ring is 1. The van der Waals surface area contributed by atoms with Gasteiger partial charge in [0.2, 0.25) is 5.88 Å². The second kappa shape index (κ2) is 9.42. The minimum atomic E-state index is 0.229. The summed E-state index contributed by atoms with van der Waals surface area (Å²) in [7, 11) is 0. The lowest BCUT2D eigenvalue weighted by Crippen LogP contribution is -2.16. The molecule has 0 aliphatic rings. The number of aromatic nitrogens is 1. The van der Waals surface area contributed by atoms with Gasteiger partial charge in [0.1, 0.15) is 5.82 Å². The minimum Gasteiger partial charge on any atom is -0.476 e. The number of hydrogen-bond acceptors (Lipinski definition) is 5. The van der Waals surface area contributed by atoms with Crippen molar-refractivity contribution in [3.8, 4) is 5.88 Å². The summed E-state index contributed by atoms with van der Waals surface area (Å²) >= 11 is 0. The first-order valence-electron chi connectivity index (χ1n) is 7.45. The van der Waals surface area contributed by atoms with E-state index in [0.29, 0.717) is 24.1 Å². The second-order valence-corrected chi connectivity index (χ2v) is 4.99. The molecule has 4 N–H and O–H groups in total. The van der Waals surface area contributed by atoms with Crippen molar-refractivity contribution < 1.29 is 9.84 Å². The van der Waals surface area contributed by atoms with E-state index >= 15 is 0 Å². The highest BCUT2D eigenvalue weighted by Gasteiger charge is 2.09. The number of aliphatic hydroxyl groups is 1. The molecule has 20 heavy (non-hydrogen) atoms. The second-order valence-electron chi connectivity index (χ2n) is 4.99. The predicted molar refractivity (Wildman–Crippen MR) is 83.0 cm³/mol. The molecule has 1 heterocycles. The number of anilines is 2. The fourth-order valence-corrected chi connectivity index (χ4v) is 2.05. The number of hydrogen-bond donors (Lipinski definition) is 3. The largest absolute Gasteiger partial charge is 0.476 e. The van der Waals surface area contributed by atoms with Crippen LogP contribution in [0.2, 0.25) is 0 Å². The smallest absolute Gasteiger partial charge is 0.239 e. The van der Waals surface area contributed by atoms with Crippen LogP contribution in [0.4, 0.5) is 11.5 Å². The van der Waals surface area contributed by atoms with Crippen LogP contribution >= 0.6 is 0 Å². The number of rotatable bonds is 10. The molecule has 0 spiro atoms. The molecule has 0 aromatic carbocycles. The number of ether oxygens (including phenoxy) is 1. The van der Waals surface area contributed by atoms with Crippen LogP contribution in [-0.4, -0.2) is 29.8 Å². The number of nitrogens with zero attached hydrogens (tertiary/aromatic N) is 1. The Morgan fingerprint density at radius 2 is 2.10 bits per heavy atom. The average molecular weight is 281 g/mol. The number of nitrogens with one attached hydrogen (secondary N) is 1. The van der Waals surface area contributed by atoms with Gasteiger partial charge in [-0.1, -0.05) is 20.3 Å². The van der Waals surface area contributed by atoms with Gasteiger partial charge < -0.3 is 20.9 Å². The Balaban J connectivity index is 2.57. The molecule has 0 aliphatic heterocycles. The van der Waals surface area contributed by atoms with Crippen LogP contribution in [0.25, 0.3) is 0 Å². The van der Waals surface area contributed by atoms with E-state index in [2.05, 4.69) is 17.2 Å². The fourth-order valence-electron chi connectivity index (χ4n) is 2.05. The summed E-state index contributed by atoms with van der Waals surface area (Å²) in [6.07, 6.45) is 3.96. The first kappa shape index (κ1) is 16.6. The zero-order chi connectivity index (χ0) is 14.8. The van der Waals surface area contributed by atoms with Crippen LogP contribution in [0.15, 0.2) is 12.1 Å². The standard InChI is InChI=1S/C15H27N3O2/c1-3-5-12(8-9-19)11-17-14-7-6-13(16)15(18-14)20-10-4-2/h6-7,12,19H,3-5,8-11,16H2,1-2H3,(H,17,18). The van der Waals surface area contributed by atoms with Crippen molar-refractivity contribution in [1.29, 1.82) is 0 Å². The highest BCUT2D eigenvalue weighted by atomic mass is 16.5. The summed E-state index contributed by atoms with van der Waals surface area (Å²) in [4.78, 5) is 4.38. The minimum absolute atomic E-state index is 0.229. The molecule has 0 saturated heterocycles. The number of aliphatic hydroxyl groups excluding tert-OH is 1. The molecule has 0 aliphatic carbocycles. The van der Waals surface area contributed by atoms with Gasteiger partial charge >= 0.3 is 0 Å². The monoisotopic (exact) mass is 281 g/mol. The molecule has 1 aromatic heterocycles. The molecule has 1 atom stereocenters. The molecular formula is C15H27N3O2. The number of pyridine rings is 1. The maximum atomic E-state index is 9.06. The topological polar surface area (TPSA) is 80.4 Å². The van der Waals surface area contributed by atoms with Gasteiger partial charge in [0.15, 0.2) is 0 Å². The average Bonchev–Trinajstić information content (AvgIpc) is 2.45. The van der Waals surface area contributed by atoms with E-state index < -0.39 is 0 Å². The quantitative estimate of drug-likeness (QED) is 0.614. The van der Waals surface area contributed by atoms with E-state index in [1.807, 2.05) is 13.0 Å². The third-order valence-electron chi connectivity index (χ3n) is 3.14. The molecule has 0 bridgehead atoms. The Labute approximate surface area is 121 Å². The lowest BCUT2D eigenvalue weighted by molar-refractivity contribution is 0.255. The molecule has 1 unspecified atom stereocenters. The van der Waals surface area contributed by atoms with Crippen LogP contribution in [0, 0.1) is 5.92 Å². The normalized spacial score (nSPS) is 12.2. The van der Waals surface area contributed by atoms with Crippen LogP contribution in [0.1, 0.15) is 39.5 Å². The van der Waals surface area contributed by atoms with Gasteiger partial charge in [-0.05, 0) is 37.3 Å². The van der Waals surface area contributed by atoms with Gasteiger partial charge in [0.05, 0.1) is 12.3 Å². The van der Waals surface area contributed by atoms with Crippen LogP contribution < -0.4 is 15.8 Å². The molecule has 1 rings (SSSR count). The van der Waals surface area contributed by atoms with Gasteiger partial charge in [0.25, 0.3) is 0 Å². The molecule has 5 heteroatoms. The Bertz CT molecular complexity index is 379. The Kier molecular flexibility index (Phi) is 7.80. The van der Waals surface area contributed by atoms with Crippen molar-refractivity contribution in [2.75, 3.05) is 30.8 Å². The van der Waals surface area contributed by atoms with Crippen molar-refractivity contribution in [3.05, 3.63) is 12.1 Å². The molecule has 5 nitrogen and oxygen atoms in total. The lowest BCUT2D eigenvalue weighted by Gasteiger charge is -2.16. The third-order valence-corrected chi connectivity index (χ3v) is 3.14. The van der Waals surface area contributed by atoms with E-state index in [9.17, 15) is 0 Å². The maximum Gasteiger partial charge on any atom is 0.239 e. The molecule has 0 fully saturated rings. The maximum absolute atomic E-state index is 9.06. The Hall–Kier alpha value is -1.49. The zero-order valence-corrected chi connectivity index (χ0v) is 12.6. The zero-order valence-electron chi connectivity index (χ0n) is 12.6. The van der Waals surface area contributed by atoms with E-state index in [-0.39, 0.29) is 6.61 Å². The summed E-state index contributed by atoms with van der Waals surface area (Å²) in [5, 5.41) is 12.4. The lowest BCUT2D eigenvalue weighted by atomic mass is 10.0. The third kappa shape index (κ3) is 5.65. The van der Waals surface area contributed by atoms with E-state index in [0.717, 1.165) is 38.0 Å². The van der Waals surface area contributed by atoms with Gasteiger partial charge in [-0.2, -0.15) is 4.98 Å². The van der Waals surface area contributed by atoms with Crippen molar-refractivity contribution in [2.24, 2.45) is 5.92 Å². The summed E-state index contributed by atoms with van der Waals surface area (Å²) in [5.41, 5.74) is 6.39. The van der Waals surface area contributed by atoms with Gasteiger partial charge in [-0.15, -0.1) is 0 Å². The molecule has 0 radical (unpaired) electrons. The van der Waals surface area contributed by atoms with Gasteiger partial charge in [-0.3, -0.25) is 0 Å². The van der Waals surface area contributed by atoms with Crippen LogP contribution in [0.3, 0.4) is 0 Å². The molecular weight excluding hydrogens is 254 g/mol.